The number of hydrogen-bond acceptors (Lipinski definition) is 4. The molecular weight excluding hydrogens is 240 g/mol. The summed E-state index contributed by atoms with van der Waals surface area (Å²) in [6, 6.07) is 2.42. The fourth-order valence-corrected chi connectivity index (χ4v) is 2.67. The average Bonchev–Trinajstić information content (AvgIpc) is 2.24. The number of rotatable bonds is 5. The van der Waals surface area contributed by atoms with Crippen LogP contribution in [0, 0.1) is 19.3 Å². The molecule has 5 heteroatoms. The van der Waals surface area contributed by atoms with Crippen molar-refractivity contribution < 1.29 is 5.11 Å². The zero-order chi connectivity index (χ0) is 14.0. The van der Waals surface area contributed by atoms with E-state index in [2.05, 4.69) is 9.88 Å². The van der Waals surface area contributed by atoms with Gasteiger partial charge in [0.05, 0.1) is 23.6 Å². The number of hydrogen-bond donors (Lipinski definition) is 3. The molecule has 1 heterocycles. The Kier molecular flexibility index (Phi) is 4.04. The van der Waals surface area contributed by atoms with E-state index in [0.29, 0.717) is 18.2 Å². The predicted molar refractivity (Wildman–Crippen MR) is 76.8 cm³/mol. The van der Waals surface area contributed by atoms with Crippen molar-refractivity contribution in [2.45, 2.75) is 39.2 Å². The molecule has 1 saturated carbocycles. The summed E-state index contributed by atoms with van der Waals surface area (Å²) in [7, 11) is 0. The molecule has 0 saturated heterocycles. The third-order valence-electron chi connectivity index (χ3n) is 3.74. The van der Waals surface area contributed by atoms with Gasteiger partial charge in [0.2, 0.25) is 0 Å². The summed E-state index contributed by atoms with van der Waals surface area (Å²) in [5.41, 5.74) is 9.05. The number of aliphatic hydroxyl groups is 1. The maximum absolute atomic E-state index is 9.29. The van der Waals surface area contributed by atoms with Gasteiger partial charge in [-0.25, -0.2) is 0 Å². The topological polar surface area (TPSA) is 86.2 Å². The molecule has 0 amide bonds. The number of amidine groups is 1. The lowest BCUT2D eigenvalue weighted by Gasteiger charge is -2.40. The van der Waals surface area contributed by atoms with E-state index in [9.17, 15) is 5.11 Å². The molecule has 1 fully saturated rings. The summed E-state index contributed by atoms with van der Waals surface area (Å²) in [4.78, 5) is 6.57. The minimum atomic E-state index is 0.0438. The second-order valence-electron chi connectivity index (χ2n) is 5.16. The van der Waals surface area contributed by atoms with Crippen molar-refractivity contribution in [1.82, 2.24) is 4.98 Å². The fourth-order valence-electron chi connectivity index (χ4n) is 2.67. The molecule has 4 N–H and O–H groups in total. The van der Waals surface area contributed by atoms with E-state index >= 15 is 0 Å². The fraction of sp³-hybridized carbons (Fsp3) is 0.571. The first-order valence-electron chi connectivity index (χ1n) is 6.74. The number of pyridine rings is 1. The summed E-state index contributed by atoms with van der Waals surface area (Å²) in [5, 5.41) is 17.1. The largest absolute Gasteiger partial charge is 0.395 e. The van der Waals surface area contributed by atoms with Crippen LogP contribution in [0.5, 0.6) is 0 Å². The third-order valence-corrected chi connectivity index (χ3v) is 3.74. The molecule has 1 aromatic heterocycles. The van der Waals surface area contributed by atoms with Crippen LogP contribution in [0.25, 0.3) is 0 Å². The van der Waals surface area contributed by atoms with E-state index < -0.39 is 0 Å². The number of nitrogens with two attached hydrogens (primary N) is 1. The number of anilines is 1. The zero-order valence-electron chi connectivity index (χ0n) is 11.6. The Morgan fingerprint density at radius 3 is 2.68 bits per heavy atom. The molecule has 0 aliphatic heterocycles. The molecule has 0 unspecified atom stereocenters. The minimum Gasteiger partial charge on any atom is -0.395 e. The van der Waals surface area contributed by atoms with Gasteiger partial charge in [0.25, 0.3) is 0 Å². The Balaban J connectivity index is 2.47. The van der Waals surface area contributed by atoms with E-state index in [1.54, 1.807) is 0 Å². The lowest BCUT2D eigenvalue weighted by atomic mass is 9.90. The lowest BCUT2D eigenvalue weighted by Crippen LogP contribution is -2.43. The van der Waals surface area contributed by atoms with E-state index in [0.717, 1.165) is 29.9 Å². The van der Waals surface area contributed by atoms with E-state index in [4.69, 9.17) is 11.1 Å². The van der Waals surface area contributed by atoms with Crippen LogP contribution in [-0.2, 0) is 0 Å². The normalized spacial score (nSPS) is 15.1. The summed E-state index contributed by atoms with van der Waals surface area (Å²) in [6.45, 7) is 4.51. The predicted octanol–water partition coefficient (Wildman–Crippen LogP) is 1.33. The molecule has 0 atom stereocenters. The standard InChI is InChI=1S/C14H22N4O/c1-9-8-12(13(14(15)16)10(2)17-9)18(6-7-19)11-4-3-5-11/h8,11,19H,3-7H2,1-2H3,(H3,15,16). The highest BCUT2D eigenvalue weighted by Crippen LogP contribution is 2.32. The molecule has 104 valence electrons. The minimum absolute atomic E-state index is 0.0438. The third kappa shape index (κ3) is 2.71. The van der Waals surface area contributed by atoms with Crippen molar-refractivity contribution in [2.24, 2.45) is 5.73 Å². The summed E-state index contributed by atoms with van der Waals surface area (Å²) in [6.07, 6.45) is 3.50. The van der Waals surface area contributed by atoms with Gasteiger partial charge < -0.3 is 15.7 Å². The highest BCUT2D eigenvalue weighted by molar-refractivity contribution is 6.01. The van der Waals surface area contributed by atoms with E-state index in [1.807, 2.05) is 19.9 Å². The molecule has 0 bridgehead atoms. The maximum Gasteiger partial charge on any atom is 0.126 e. The van der Waals surface area contributed by atoms with Gasteiger partial charge in [-0.05, 0) is 39.2 Å². The molecular formula is C14H22N4O. The number of aromatic nitrogens is 1. The van der Waals surface area contributed by atoms with Crippen LogP contribution < -0.4 is 10.6 Å². The molecule has 1 aromatic rings. The Hall–Kier alpha value is -1.62. The van der Waals surface area contributed by atoms with Gasteiger partial charge in [-0.15, -0.1) is 0 Å². The van der Waals surface area contributed by atoms with Crippen molar-refractivity contribution in [2.75, 3.05) is 18.1 Å². The summed E-state index contributed by atoms with van der Waals surface area (Å²) < 4.78 is 0. The number of aliphatic hydroxyl groups excluding tert-OH is 1. The van der Waals surface area contributed by atoms with Crippen LogP contribution in [0.3, 0.4) is 0 Å². The lowest BCUT2D eigenvalue weighted by molar-refractivity contribution is 0.283. The van der Waals surface area contributed by atoms with Gasteiger partial charge in [0, 0.05) is 18.3 Å². The van der Waals surface area contributed by atoms with Crippen LogP contribution in [0.4, 0.5) is 5.69 Å². The average molecular weight is 262 g/mol. The van der Waals surface area contributed by atoms with Gasteiger partial charge in [-0.3, -0.25) is 10.4 Å². The first kappa shape index (κ1) is 13.8. The van der Waals surface area contributed by atoms with Gasteiger partial charge >= 0.3 is 0 Å². The quantitative estimate of drug-likeness (QED) is 0.552. The van der Waals surface area contributed by atoms with Crippen LogP contribution in [0.1, 0.15) is 36.2 Å². The molecule has 0 spiro atoms. The SMILES string of the molecule is Cc1cc(N(CCO)C2CCC2)c(C(=N)N)c(C)n1. The van der Waals surface area contributed by atoms with Gasteiger partial charge in [-0.1, -0.05) is 0 Å². The van der Waals surface area contributed by atoms with Crippen molar-refractivity contribution in [3.8, 4) is 0 Å². The Morgan fingerprint density at radius 2 is 2.21 bits per heavy atom. The number of nitrogens with zero attached hydrogens (tertiary/aromatic N) is 2. The van der Waals surface area contributed by atoms with Gasteiger partial charge in [0.15, 0.2) is 0 Å². The Morgan fingerprint density at radius 1 is 1.53 bits per heavy atom. The smallest absolute Gasteiger partial charge is 0.126 e. The monoisotopic (exact) mass is 262 g/mol. The zero-order valence-corrected chi connectivity index (χ0v) is 11.6. The molecule has 1 aliphatic carbocycles. The molecule has 0 radical (unpaired) electrons. The molecule has 5 nitrogen and oxygen atoms in total. The highest BCUT2D eigenvalue weighted by Gasteiger charge is 2.27. The molecule has 19 heavy (non-hydrogen) atoms. The van der Waals surface area contributed by atoms with Crippen molar-refractivity contribution in [1.29, 1.82) is 5.41 Å². The number of nitrogens with one attached hydrogen (secondary N) is 1. The van der Waals surface area contributed by atoms with Crippen LogP contribution in [0.2, 0.25) is 0 Å². The van der Waals surface area contributed by atoms with Gasteiger partial charge in [-0.2, -0.15) is 0 Å². The summed E-state index contributed by atoms with van der Waals surface area (Å²) in [5.74, 6) is 0.0438. The molecule has 0 aromatic carbocycles. The van der Waals surface area contributed by atoms with Crippen LogP contribution in [-0.4, -0.2) is 35.1 Å². The second kappa shape index (κ2) is 5.57. The van der Waals surface area contributed by atoms with Crippen molar-refractivity contribution in [3.05, 3.63) is 23.0 Å². The second-order valence-corrected chi connectivity index (χ2v) is 5.16. The van der Waals surface area contributed by atoms with E-state index in [-0.39, 0.29) is 12.4 Å². The van der Waals surface area contributed by atoms with Gasteiger partial charge in [0.1, 0.15) is 5.84 Å². The maximum atomic E-state index is 9.29. The highest BCUT2D eigenvalue weighted by atomic mass is 16.3. The Bertz CT molecular complexity index is 483. The Labute approximate surface area is 114 Å². The first-order chi connectivity index (χ1) is 9.04. The van der Waals surface area contributed by atoms with Crippen molar-refractivity contribution in [3.63, 3.8) is 0 Å². The first-order valence-corrected chi connectivity index (χ1v) is 6.74. The van der Waals surface area contributed by atoms with Crippen LogP contribution in [0.15, 0.2) is 6.07 Å². The molecule has 2 rings (SSSR count). The number of nitrogen functional groups attached to an aromatic ring is 1. The van der Waals surface area contributed by atoms with Crippen molar-refractivity contribution >= 4 is 11.5 Å². The van der Waals surface area contributed by atoms with Crippen LogP contribution >= 0.6 is 0 Å². The molecule has 1 aliphatic rings. The number of aryl methyl sites for hydroxylation is 2. The summed E-state index contributed by atoms with van der Waals surface area (Å²) >= 11 is 0. The van der Waals surface area contributed by atoms with E-state index in [1.165, 1.54) is 6.42 Å².